The number of esters is 1. The summed E-state index contributed by atoms with van der Waals surface area (Å²) in [6, 6.07) is 10.8. The van der Waals surface area contributed by atoms with E-state index in [0.717, 1.165) is 0 Å². The van der Waals surface area contributed by atoms with Gasteiger partial charge in [-0.25, -0.2) is 4.79 Å². The highest BCUT2D eigenvalue weighted by Crippen LogP contribution is 2.22. The molecule has 2 aromatic carbocycles. The van der Waals surface area contributed by atoms with Gasteiger partial charge in [-0.05, 0) is 49.4 Å². The maximum Gasteiger partial charge on any atom is 0.340 e. The molecule has 0 amide bonds. The number of carbonyl (C=O) groups is 2. The summed E-state index contributed by atoms with van der Waals surface area (Å²) in [7, 11) is 0. The van der Waals surface area contributed by atoms with Crippen LogP contribution < -0.4 is 0 Å². The van der Waals surface area contributed by atoms with Crippen molar-refractivity contribution in [2.24, 2.45) is 0 Å². The van der Waals surface area contributed by atoms with E-state index in [1.165, 1.54) is 25.1 Å². The molecule has 0 heterocycles. The molecule has 0 saturated carbocycles. The van der Waals surface area contributed by atoms with Gasteiger partial charge in [-0.2, -0.15) is 0 Å². The summed E-state index contributed by atoms with van der Waals surface area (Å²) >= 11 is 17.5. The fourth-order valence-corrected chi connectivity index (χ4v) is 2.39. The van der Waals surface area contributed by atoms with Gasteiger partial charge >= 0.3 is 5.97 Å². The van der Waals surface area contributed by atoms with Crippen LogP contribution in [-0.2, 0) is 4.74 Å². The number of benzene rings is 2. The number of hydrogen-bond acceptors (Lipinski definition) is 3. The third-order valence-electron chi connectivity index (χ3n) is 2.93. The number of ether oxygens (including phenoxy) is 1. The van der Waals surface area contributed by atoms with Gasteiger partial charge in [-0.3, -0.25) is 4.79 Å². The highest BCUT2D eigenvalue weighted by Gasteiger charge is 2.21. The third kappa shape index (κ3) is 4.01. The Bertz CT molecular complexity index is 711. The van der Waals surface area contributed by atoms with Gasteiger partial charge < -0.3 is 4.74 Å². The van der Waals surface area contributed by atoms with Gasteiger partial charge in [0, 0.05) is 15.6 Å². The van der Waals surface area contributed by atoms with E-state index in [2.05, 4.69) is 0 Å². The Labute approximate surface area is 142 Å². The quantitative estimate of drug-likeness (QED) is 0.566. The molecular formula is C16H11Cl3O3. The molecule has 114 valence electrons. The van der Waals surface area contributed by atoms with Gasteiger partial charge in [0.1, 0.15) is 0 Å². The van der Waals surface area contributed by atoms with Crippen LogP contribution >= 0.6 is 34.8 Å². The van der Waals surface area contributed by atoms with E-state index >= 15 is 0 Å². The minimum Gasteiger partial charge on any atom is -0.451 e. The van der Waals surface area contributed by atoms with Crippen LogP contribution in [0.5, 0.6) is 0 Å². The molecule has 22 heavy (non-hydrogen) atoms. The number of halogens is 3. The highest BCUT2D eigenvalue weighted by molar-refractivity contribution is 6.36. The van der Waals surface area contributed by atoms with E-state index in [9.17, 15) is 9.59 Å². The van der Waals surface area contributed by atoms with Crippen molar-refractivity contribution >= 4 is 46.6 Å². The van der Waals surface area contributed by atoms with Crippen molar-refractivity contribution in [1.82, 2.24) is 0 Å². The summed E-state index contributed by atoms with van der Waals surface area (Å²) in [4.78, 5) is 24.2. The molecular weight excluding hydrogens is 347 g/mol. The first-order chi connectivity index (χ1) is 10.4. The molecule has 0 unspecified atom stereocenters. The fraction of sp³-hybridized carbons (Fsp3) is 0.125. The molecule has 6 heteroatoms. The second kappa shape index (κ2) is 7.14. The van der Waals surface area contributed by atoms with Crippen molar-refractivity contribution < 1.29 is 14.3 Å². The van der Waals surface area contributed by atoms with Gasteiger partial charge in [0.05, 0.1) is 10.6 Å². The van der Waals surface area contributed by atoms with Crippen LogP contribution in [0.4, 0.5) is 0 Å². The van der Waals surface area contributed by atoms with Gasteiger partial charge in [0.2, 0.25) is 5.78 Å². The van der Waals surface area contributed by atoms with Crippen LogP contribution in [0.3, 0.4) is 0 Å². The van der Waals surface area contributed by atoms with Crippen molar-refractivity contribution in [2.75, 3.05) is 0 Å². The number of Topliss-reactive ketones (excluding diaryl/α,β-unsaturated/α-hetero) is 1. The number of hydrogen-bond donors (Lipinski definition) is 0. The van der Waals surface area contributed by atoms with Gasteiger partial charge in [0.25, 0.3) is 0 Å². The van der Waals surface area contributed by atoms with Crippen LogP contribution in [0.25, 0.3) is 0 Å². The van der Waals surface area contributed by atoms with E-state index in [-0.39, 0.29) is 16.4 Å². The maximum absolute atomic E-state index is 12.2. The summed E-state index contributed by atoms with van der Waals surface area (Å²) < 4.78 is 5.15. The predicted molar refractivity (Wildman–Crippen MR) is 87.1 cm³/mol. The zero-order valence-corrected chi connectivity index (χ0v) is 13.7. The molecule has 0 bridgehead atoms. The van der Waals surface area contributed by atoms with Gasteiger partial charge in [-0.1, -0.05) is 34.8 Å². The first-order valence-corrected chi connectivity index (χ1v) is 7.47. The van der Waals surface area contributed by atoms with E-state index in [4.69, 9.17) is 39.5 Å². The first kappa shape index (κ1) is 16.8. The molecule has 0 spiro atoms. The summed E-state index contributed by atoms with van der Waals surface area (Å²) in [6.45, 7) is 1.50. The number of ketones is 1. The van der Waals surface area contributed by atoms with Crippen molar-refractivity contribution in [3.8, 4) is 0 Å². The maximum atomic E-state index is 12.2. The molecule has 0 aliphatic rings. The van der Waals surface area contributed by atoms with E-state index in [0.29, 0.717) is 15.6 Å². The lowest BCUT2D eigenvalue weighted by Crippen LogP contribution is -2.24. The number of carbonyl (C=O) groups excluding carboxylic acids is 2. The molecule has 2 rings (SSSR count). The van der Waals surface area contributed by atoms with Crippen molar-refractivity contribution in [3.05, 3.63) is 68.7 Å². The average molecular weight is 358 g/mol. The molecule has 0 aromatic heterocycles. The monoisotopic (exact) mass is 356 g/mol. The summed E-state index contributed by atoms with van der Waals surface area (Å²) in [6.07, 6.45) is -0.944. The molecule has 0 radical (unpaired) electrons. The zero-order chi connectivity index (χ0) is 16.3. The van der Waals surface area contributed by atoms with Crippen molar-refractivity contribution in [2.45, 2.75) is 13.0 Å². The first-order valence-electron chi connectivity index (χ1n) is 6.34. The van der Waals surface area contributed by atoms with Crippen molar-refractivity contribution in [1.29, 1.82) is 0 Å². The molecule has 0 aliphatic carbocycles. The van der Waals surface area contributed by atoms with E-state index in [1.807, 2.05) is 0 Å². The smallest absolute Gasteiger partial charge is 0.340 e. The minimum atomic E-state index is -0.944. The Balaban J connectivity index is 2.10. The second-order valence-electron chi connectivity index (χ2n) is 4.54. The lowest BCUT2D eigenvalue weighted by Gasteiger charge is -2.13. The zero-order valence-electron chi connectivity index (χ0n) is 11.5. The Morgan fingerprint density at radius 2 is 1.55 bits per heavy atom. The Morgan fingerprint density at radius 1 is 0.955 bits per heavy atom. The molecule has 3 nitrogen and oxygen atoms in total. The van der Waals surface area contributed by atoms with E-state index in [1.54, 1.807) is 24.3 Å². The molecule has 0 saturated heterocycles. The van der Waals surface area contributed by atoms with Crippen molar-refractivity contribution in [3.63, 3.8) is 0 Å². The third-order valence-corrected chi connectivity index (χ3v) is 3.73. The highest BCUT2D eigenvalue weighted by atomic mass is 35.5. The standard InChI is InChI=1S/C16H11Cl3O3/c1-9(15(20)10-2-4-11(17)5-3-10)22-16(21)13-7-6-12(18)8-14(13)19/h2-9H,1H3/t9-/m1/s1. The van der Waals surface area contributed by atoms with Crippen LogP contribution in [0.1, 0.15) is 27.6 Å². The molecule has 0 aliphatic heterocycles. The van der Waals surface area contributed by atoms with Crippen LogP contribution in [0.15, 0.2) is 42.5 Å². The fourth-order valence-electron chi connectivity index (χ4n) is 1.78. The SMILES string of the molecule is C[C@@H](OC(=O)c1ccc(Cl)cc1Cl)C(=O)c1ccc(Cl)cc1. The van der Waals surface area contributed by atoms with Crippen LogP contribution in [0, 0.1) is 0 Å². The normalized spacial score (nSPS) is 11.8. The Hall–Kier alpha value is -1.55. The van der Waals surface area contributed by atoms with Gasteiger partial charge in [-0.15, -0.1) is 0 Å². The van der Waals surface area contributed by atoms with Crippen LogP contribution in [-0.4, -0.2) is 17.9 Å². The number of rotatable bonds is 4. The Kier molecular flexibility index (Phi) is 5.46. The minimum absolute atomic E-state index is 0.154. The summed E-state index contributed by atoms with van der Waals surface area (Å²) in [5, 5.41) is 1.10. The second-order valence-corrected chi connectivity index (χ2v) is 5.82. The molecule has 2 aromatic rings. The predicted octanol–water partition coefficient (Wildman–Crippen LogP) is 5.08. The lowest BCUT2D eigenvalue weighted by molar-refractivity contribution is 0.0319. The largest absolute Gasteiger partial charge is 0.451 e. The molecule has 0 N–H and O–H groups in total. The van der Waals surface area contributed by atoms with Crippen LogP contribution in [0.2, 0.25) is 15.1 Å². The van der Waals surface area contributed by atoms with E-state index < -0.39 is 12.1 Å². The Morgan fingerprint density at radius 3 is 2.14 bits per heavy atom. The topological polar surface area (TPSA) is 43.4 Å². The molecule has 1 atom stereocenters. The summed E-state index contributed by atoms with van der Waals surface area (Å²) in [5.74, 6) is -1.01. The lowest BCUT2D eigenvalue weighted by atomic mass is 10.1. The summed E-state index contributed by atoms with van der Waals surface area (Å²) in [5.41, 5.74) is 0.564. The van der Waals surface area contributed by atoms with Gasteiger partial charge in [0.15, 0.2) is 6.10 Å². The average Bonchev–Trinajstić information content (AvgIpc) is 2.47. The molecule has 0 fully saturated rings.